The summed E-state index contributed by atoms with van der Waals surface area (Å²) < 4.78 is 1.78. The summed E-state index contributed by atoms with van der Waals surface area (Å²) in [6.07, 6.45) is 4.05. The Morgan fingerprint density at radius 1 is 1.22 bits per heavy atom. The monoisotopic (exact) mass is 242 g/mol. The van der Waals surface area contributed by atoms with Crippen LogP contribution in [0.4, 0.5) is 5.69 Å². The molecule has 18 heavy (non-hydrogen) atoms. The molecule has 3 rings (SSSR count). The summed E-state index contributed by atoms with van der Waals surface area (Å²) in [5.74, 6) is 0.0920. The molecule has 0 saturated carbocycles. The molecule has 1 atom stereocenters. The van der Waals surface area contributed by atoms with Gasteiger partial charge in [0.2, 0.25) is 5.91 Å². The SMILES string of the molecule is NC1CC(=O)N(c2ccc(-n3cccn3)cc2)C1. The number of rotatable bonds is 2. The highest BCUT2D eigenvalue weighted by Gasteiger charge is 2.27. The highest BCUT2D eigenvalue weighted by Crippen LogP contribution is 2.22. The maximum atomic E-state index is 11.7. The zero-order valence-corrected chi connectivity index (χ0v) is 9.86. The van der Waals surface area contributed by atoms with E-state index in [-0.39, 0.29) is 11.9 Å². The predicted molar refractivity (Wildman–Crippen MR) is 68.5 cm³/mol. The Morgan fingerprint density at radius 3 is 2.50 bits per heavy atom. The van der Waals surface area contributed by atoms with E-state index in [0.717, 1.165) is 11.4 Å². The first-order valence-electron chi connectivity index (χ1n) is 5.90. The third-order valence-electron chi connectivity index (χ3n) is 3.09. The van der Waals surface area contributed by atoms with Crippen LogP contribution in [0.15, 0.2) is 42.7 Å². The third kappa shape index (κ3) is 1.89. The predicted octanol–water partition coefficient (Wildman–Crippen LogP) is 0.936. The van der Waals surface area contributed by atoms with E-state index in [0.29, 0.717) is 13.0 Å². The molecule has 5 heteroatoms. The molecule has 2 aromatic rings. The number of hydrogen-bond acceptors (Lipinski definition) is 3. The Morgan fingerprint density at radius 2 is 1.94 bits per heavy atom. The molecule has 2 heterocycles. The first kappa shape index (κ1) is 11.0. The van der Waals surface area contributed by atoms with E-state index in [9.17, 15) is 4.79 Å². The topological polar surface area (TPSA) is 64.2 Å². The fourth-order valence-electron chi connectivity index (χ4n) is 2.19. The van der Waals surface area contributed by atoms with Crippen molar-refractivity contribution in [1.29, 1.82) is 0 Å². The molecule has 0 aliphatic carbocycles. The molecule has 2 N–H and O–H groups in total. The molecule has 92 valence electrons. The first-order chi connectivity index (χ1) is 8.74. The lowest BCUT2D eigenvalue weighted by Gasteiger charge is -2.16. The number of anilines is 1. The van der Waals surface area contributed by atoms with Crippen LogP contribution in [0.3, 0.4) is 0 Å². The molecule has 1 aliphatic rings. The van der Waals surface area contributed by atoms with Crippen LogP contribution in [-0.4, -0.2) is 28.3 Å². The minimum atomic E-state index is -0.0525. The van der Waals surface area contributed by atoms with Crippen LogP contribution in [0.1, 0.15) is 6.42 Å². The molecule has 1 aromatic carbocycles. The summed E-state index contributed by atoms with van der Waals surface area (Å²) in [4.78, 5) is 13.5. The quantitative estimate of drug-likeness (QED) is 0.852. The van der Waals surface area contributed by atoms with E-state index in [1.54, 1.807) is 15.8 Å². The van der Waals surface area contributed by atoms with Gasteiger partial charge in [-0.3, -0.25) is 4.79 Å². The van der Waals surface area contributed by atoms with Crippen molar-refractivity contribution in [3.8, 4) is 5.69 Å². The van der Waals surface area contributed by atoms with Gasteiger partial charge in [0.1, 0.15) is 0 Å². The summed E-state index contributed by atoms with van der Waals surface area (Å²) in [5, 5.41) is 4.16. The van der Waals surface area contributed by atoms with Crippen LogP contribution in [0.2, 0.25) is 0 Å². The normalized spacial score (nSPS) is 19.5. The lowest BCUT2D eigenvalue weighted by molar-refractivity contribution is -0.117. The summed E-state index contributed by atoms with van der Waals surface area (Å²) in [7, 11) is 0. The Bertz CT molecular complexity index is 547. The second kappa shape index (κ2) is 4.27. The zero-order chi connectivity index (χ0) is 12.5. The summed E-state index contributed by atoms with van der Waals surface area (Å²) in [5.41, 5.74) is 7.65. The standard InChI is InChI=1S/C13H14N4O/c14-10-8-13(18)16(9-10)11-2-4-12(5-3-11)17-7-1-6-15-17/h1-7,10H,8-9,14H2. The van der Waals surface area contributed by atoms with Gasteiger partial charge in [-0.2, -0.15) is 5.10 Å². The molecule has 1 aliphatic heterocycles. The largest absolute Gasteiger partial charge is 0.326 e. The highest BCUT2D eigenvalue weighted by molar-refractivity contribution is 5.96. The molecule has 1 amide bonds. The van der Waals surface area contributed by atoms with E-state index < -0.39 is 0 Å². The van der Waals surface area contributed by atoms with Gasteiger partial charge in [0, 0.05) is 37.1 Å². The minimum absolute atomic E-state index is 0.0525. The first-order valence-corrected chi connectivity index (χ1v) is 5.90. The summed E-state index contributed by atoms with van der Waals surface area (Å²) in [6.45, 7) is 0.597. The van der Waals surface area contributed by atoms with Crippen LogP contribution < -0.4 is 10.6 Å². The van der Waals surface area contributed by atoms with E-state index in [1.165, 1.54) is 0 Å². The van der Waals surface area contributed by atoms with Crippen molar-refractivity contribution in [3.05, 3.63) is 42.7 Å². The molecule has 1 fully saturated rings. The van der Waals surface area contributed by atoms with Gasteiger partial charge in [0.05, 0.1) is 5.69 Å². The summed E-state index contributed by atoms with van der Waals surface area (Å²) >= 11 is 0. The van der Waals surface area contributed by atoms with Gasteiger partial charge in [-0.25, -0.2) is 4.68 Å². The molecule has 0 spiro atoms. The van der Waals surface area contributed by atoms with Gasteiger partial charge in [-0.05, 0) is 30.3 Å². The van der Waals surface area contributed by atoms with Gasteiger partial charge >= 0.3 is 0 Å². The van der Waals surface area contributed by atoms with Crippen molar-refractivity contribution in [1.82, 2.24) is 9.78 Å². The fourth-order valence-corrected chi connectivity index (χ4v) is 2.19. The van der Waals surface area contributed by atoms with Gasteiger partial charge < -0.3 is 10.6 Å². The van der Waals surface area contributed by atoms with Gasteiger partial charge in [-0.15, -0.1) is 0 Å². The van der Waals surface area contributed by atoms with Crippen LogP contribution >= 0.6 is 0 Å². The molecule has 1 unspecified atom stereocenters. The van der Waals surface area contributed by atoms with E-state index in [4.69, 9.17) is 5.73 Å². The number of carbonyl (C=O) groups excluding carboxylic acids is 1. The molecular weight excluding hydrogens is 228 g/mol. The number of carbonyl (C=O) groups is 1. The van der Waals surface area contributed by atoms with Gasteiger partial charge in [-0.1, -0.05) is 0 Å². The van der Waals surface area contributed by atoms with Crippen molar-refractivity contribution >= 4 is 11.6 Å². The number of hydrogen-bond donors (Lipinski definition) is 1. The lowest BCUT2D eigenvalue weighted by atomic mass is 10.2. The van der Waals surface area contributed by atoms with Crippen LogP contribution in [0, 0.1) is 0 Å². The third-order valence-corrected chi connectivity index (χ3v) is 3.09. The molecule has 1 aromatic heterocycles. The van der Waals surface area contributed by atoms with Crippen molar-refractivity contribution < 1.29 is 4.79 Å². The van der Waals surface area contributed by atoms with Gasteiger partial charge in [0.15, 0.2) is 0 Å². The zero-order valence-electron chi connectivity index (χ0n) is 9.86. The maximum absolute atomic E-state index is 11.7. The number of benzene rings is 1. The van der Waals surface area contributed by atoms with E-state index >= 15 is 0 Å². The van der Waals surface area contributed by atoms with Crippen molar-refractivity contribution in [2.75, 3.05) is 11.4 Å². The van der Waals surface area contributed by atoms with Crippen molar-refractivity contribution in [3.63, 3.8) is 0 Å². The van der Waals surface area contributed by atoms with E-state index in [1.807, 2.05) is 36.5 Å². The van der Waals surface area contributed by atoms with Crippen LogP contribution in [0.5, 0.6) is 0 Å². The highest BCUT2D eigenvalue weighted by atomic mass is 16.2. The van der Waals surface area contributed by atoms with Gasteiger partial charge in [0.25, 0.3) is 0 Å². The van der Waals surface area contributed by atoms with Crippen LogP contribution in [0.25, 0.3) is 5.69 Å². The molecule has 0 radical (unpaired) electrons. The number of nitrogens with zero attached hydrogens (tertiary/aromatic N) is 3. The second-order valence-electron chi connectivity index (χ2n) is 4.44. The fraction of sp³-hybridized carbons (Fsp3) is 0.231. The number of amides is 1. The van der Waals surface area contributed by atoms with Crippen molar-refractivity contribution in [2.45, 2.75) is 12.5 Å². The van der Waals surface area contributed by atoms with Crippen LogP contribution in [-0.2, 0) is 4.79 Å². The summed E-state index contributed by atoms with van der Waals surface area (Å²) in [6, 6.07) is 9.55. The molecule has 0 bridgehead atoms. The lowest BCUT2D eigenvalue weighted by Crippen LogP contribution is -2.27. The average molecular weight is 242 g/mol. The number of aromatic nitrogens is 2. The average Bonchev–Trinajstić information content (AvgIpc) is 2.99. The Labute approximate surface area is 105 Å². The molecule has 5 nitrogen and oxygen atoms in total. The Balaban J connectivity index is 1.85. The van der Waals surface area contributed by atoms with Crippen molar-refractivity contribution in [2.24, 2.45) is 5.73 Å². The second-order valence-corrected chi connectivity index (χ2v) is 4.44. The minimum Gasteiger partial charge on any atom is -0.326 e. The van der Waals surface area contributed by atoms with E-state index in [2.05, 4.69) is 5.10 Å². The Kier molecular flexibility index (Phi) is 2.60. The molecular formula is C13H14N4O. The molecule has 1 saturated heterocycles. The maximum Gasteiger partial charge on any atom is 0.228 e. The smallest absolute Gasteiger partial charge is 0.228 e. The number of nitrogens with two attached hydrogens (primary N) is 1. The Hall–Kier alpha value is -2.14.